The molecule has 1 saturated carbocycles. The van der Waals surface area contributed by atoms with Crippen molar-refractivity contribution in [3.63, 3.8) is 0 Å². The van der Waals surface area contributed by atoms with Crippen molar-refractivity contribution < 1.29 is 4.79 Å². The molecule has 1 amide bonds. The number of nitrogens with zero attached hydrogens (tertiary/aromatic N) is 1. The Labute approximate surface area is 126 Å². The number of aryl methyl sites for hydroxylation is 1. The monoisotopic (exact) mass is 284 g/mol. The van der Waals surface area contributed by atoms with Gasteiger partial charge in [-0.15, -0.1) is 0 Å². The van der Waals surface area contributed by atoms with Crippen LogP contribution in [0, 0.1) is 0 Å². The van der Waals surface area contributed by atoms with Crippen LogP contribution in [0.1, 0.15) is 51.0 Å². The molecule has 0 aliphatic heterocycles. The highest BCUT2D eigenvalue weighted by Crippen LogP contribution is 2.23. The van der Waals surface area contributed by atoms with Gasteiger partial charge in [-0.3, -0.25) is 4.57 Å². The number of benzene rings is 1. The molecule has 0 radical (unpaired) electrons. The number of para-hydroxylation sites is 1. The van der Waals surface area contributed by atoms with Gasteiger partial charge in [-0.1, -0.05) is 50.8 Å². The lowest BCUT2D eigenvalue weighted by Gasteiger charge is -2.22. The lowest BCUT2D eigenvalue weighted by Crippen LogP contribution is -2.38. The molecule has 21 heavy (non-hydrogen) atoms. The topological polar surface area (TPSA) is 34.0 Å². The Kier molecular flexibility index (Phi) is 4.28. The Bertz CT molecular complexity index is 623. The molecule has 1 N–H and O–H groups in total. The molecule has 112 valence electrons. The third-order valence-electron chi connectivity index (χ3n) is 4.47. The van der Waals surface area contributed by atoms with E-state index in [0.717, 1.165) is 31.2 Å². The Morgan fingerprint density at radius 1 is 1.24 bits per heavy atom. The molecule has 1 aliphatic carbocycles. The maximum Gasteiger partial charge on any atom is 0.326 e. The molecular weight excluding hydrogens is 260 g/mol. The predicted molar refractivity (Wildman–Crippen MR) is 86.7 cm³/mol. The van der Waals surface area contributed by atoms with Crippen LogP contribution >= 0.6 is 0 Å². The summed E-state index contributed by atoms with van der Waals surface area (Å²) >= 11 is 0. The van der Waals surface area contributed by atoms with Gasteiger partial charge in [-0.2, -0.15) is 0 Å². The van der Waals surface area contributed by atoms with E-state index in [1.54, 1.807) is 4.57 Å². The molecule has 1 aromatic carbocycles. The van der Waals surface area contributed by atoms with E-state index in [9.17, 15) is 4.79 Å². The minimum absolute atomic E-state index is 0.0282. The predicted octanol–water partition coefficient (Wildman–Crippen LogP) is 4.48. The summed E-state index contributed by atoms with van der Waals surface area (Å²) in [5.41, 5.74) is 2.29. The van der Waals surface area contributed by atoms with E-state index < -0.39 is 0 Å². The molecule has 0 spiro atoms. The van der Waals surface area contributed by atoms with E-state index in [-0.39, 0.29) is 6.03 Å². The molecule has 1 heterocycles. The first-order chi connectivity index (χ1) is 10.3. The molecule has 3 rings (SSSR count). The van der Waals surface area contributed by atoms with Crippen LogP contribution in [0.3, 0.4) is 0 Å². The van der Waals surface area contributed by atoms with Gasteiger partial charge in [0, 0.05) is 17.6 Å². The van der Waals surface area contributed by atoms with E-state index in [4.69, 9.17) is 0 Å². The van der Waals surface area contributed by atoms with E-state index in [2.05, 4.69) is 18.3 Å². The molecule has 0 unspecified atom stereocenters. The van der Waals surface area contributed by atoms with E-state index >= 15 is 0 Å². The summed E-state index contributed by atoms with van der Waals surface area (Å²) in [5, 5.41) is 4.41. The standard InChI is InChI=1S/C18H24N2O/c1-2-8-14-13-20(17-12-7-6-11-16(14)17)18(21)19-15-9-4-3-5-10-15/h6-7,11-13,15H,2-5,8-10H2,1H3,(H,19,21). The minimum atomic E-state index is 0.0282. The largest absolute Gasteiger partial charge is 0.335 e. The van der Waals surface area contributed by atoms with E-state index in [1.165, 1.54) is 30.2 Å². The second kappa shape index (κ2) is 6.33. The first-order valence-corrected chi connectivity index (χ1v) is 8.19. The zero-order chi connectivity index (χ0) is 14.7. The first-order valence-electron chi connectivity index (χ1n) is 8.19. The van der Waals surface area contributed by atoms with Crippen molar-refractivity contribution in [3.8, 4) is 0 Å². The van der Waals surface area contributed by atoms with Gasteiger partial charge in [-0.25, -0.2) is 4.79 Å². The lowest BCUT2D eigenvalue weighted by atomic mass is 9.96. The van der Waals surface area contributed by atoms with Crippen LogP contribution in [-0.4, -0.2) is 16.6 Å². The minimum Gasteiger partial charge on any atom is -0.335 e. The summed E-state index contributed by atoms with van der Waals surface area (Å²) in [6, 6.07) is 8.58. The summed E-state index contributed by atoms with van der Waals surface area (Å²) in [7, 11) is 0. The van der Waals surface area contributed by atoms with Crippen LogP contribution in [0.4, 0.5) is 4.79 Å². The molecule has 3 nitrogen and oxygen atoms in total. The second-order valence-corrected chi connectivity index (χ2v) is 6.08. The van der Waals surface area contributed by atoms with Gasteiger partial charge in [0.1, 0.15) is 0 Å². The van der Waals surface area contributed by atoms with Crippen molar-refractivity contribution in [2.75, 3.05) is 0 Å². The Morgan fingerprint density at radius 3 is 2.76 bits per heavy atom. The van der Waals surface area contributed by atoms with Crippen LogP contribution in [0.25, 0.3) is 10.9 Å². The summed E-state index contributed by atoms with van der Waals surface area (Å²) < 4.78 is 1.80. The molecule has 1 aromatic heterocycles. The molecule has 2 aromatic rings. The van der Waals surface area contributed by atoms with Gasteiger partial charge in [0.2, 0.25) is 0 Å². The number of carbonyl (C=O) groups excluding carboxylic acids is 1. The number of carbonyl (C=O) groups is 1. The van der Waals surface area contributed by atoms with Crippen molar-refractivity contribution in [2.45, 2.75) is 57.9 Å². The highest BCUT2D eigenvalue weighted by Gasteiger charge is 2.18. The first kappa shape index (κ1) is 14.2. The molecule has 0 bridgehead atoms. The summed E-state index contributed by atoms with van der Waals surface area (Å²) in [6.45, 7) is 2.17. The number of aromatic nitrogens is 1. The maximum absolute atomic E-state index is 12.6. The normalized spacial score (nSPS) is 16.2. The van der Waals surface area contributed by atoms with Crippen LogP contribution in [0.5, 0.6) is 0 Å². The fourth-order valence-electron chi connectivity index (χ4n) is 3.38. The van der Waals surface area contributed by atoms with Crippen molar-refractivity contribution in [1.82, 2.24) is 9.88 Å². The highest BCUT2D eigenvalue weighted by atomic mass is 16.2. The molecule has 1 fully saturated rings. The number of fused-ring (bicyclic) bond motifs is 1. The number of nitrogens with one attached hydrogen (secondary N) is 1. The van der Waals surface area contributed by atoms with Crippen LogP contribution < -0.4 is 5.32 Å². The van der Waals surface area contributed by atoms with Gasteiger partial charge < -0.3 is 5.32 Å². The fraction of sp³-hybridized carbons (Fsp3) is 0.500. The molecule has 0 saturated heterocycles. The van der Waals surface area contributed by atoms with Crippen molar-refractivity contribution in [1.29, 1.82) is 0 Å². The average Bonchev–Trinajstić information content (AvgIpc) is 2.88. The summed E-state index contributed by atoms with van der Waals surface area (Å²) in [4.78, 5) is 12.6. The zero-order valence-electron chi connectivity index (χ0n) is 12.8. The quantitative estimate of drug-likeness (QED) is 0.885. The molecular formula is C18H24N2O. The zero-order valence-corrected chi connectivity index (χ0v) is 12.8. The summed E-state index contributed by atoms with van der Waals surface area (Å²) in [6.07, 6.45) is 10.1. The van der Waals surface area contributed by atoms with Gasteiger partial charge in [0.15, 0.2) is 0 Å². The van der Waals surface area contributed by atoms with Crippen molar-refractivity contribution in [3.05, 3.63) is 36.0 Å². The van der Waals surface area contributed by atoms with E-state index in [0.29, 0.717) is 6.04 Å². The van der Waals surface area contributed by atoms with E-state index in [1.807, 2.05) is 24.4 Å². The molecule has 1 aliphatic rings. The van der Waals surface area contributed by atoms with Gasteiger partial charge in [-0.05, 0) is 30.9 Å². The third-order valence-corrected chi connectivity index (χ3v) is 4.47. The highest BCUT2D eigenvalue weighted by molar-refractivity contribution is 5.93. The average molecular weight is 284 g/mol. The number of amides is 1. The van der Waals surface area contributed by atoms with Gasteiger partial charge >= 0.3 is 6.03 Å². The molecule has 3 heteroatoms. The number of hydrogen-bond donors (Lipinski definition) is 1. The Balaban J connectivity index is 1.86. The summed E-state index contributed by atoms with van der Waals surface area (Å²) in [5.74, 6) is 0. The lowest BCUT2D eigenvalue weighted by molar-refractivity contribution is 0.235. The van der Waals surface area contributed by atoms with Gasteiger partial charge in [0.25, 0.3) is 0 Å². The van der Waals surface area contributed by atoms with Crippen LogP contribution in [-0.2, 0) is 6.42 Å². The SMILES string of the molecule is CCCc1cn(C(=O)NC2CCCCC2)c2ccccc12. The van der Waals surface area contributed by atoms with Crippen molar-refractivity contribution >= 4 is 16.9 Å². The smallest absolute Gasteiger partial charge is 0.326 e. The van der Waals surface area contributed by atoms with Crippen LogP contribution in [0.15, 0.2) is 30.5 Å². The maximum atomic E-state index is 12.6. The number of hydrogen-bond acceptors (Lipinski definition) is 1. The van der Waals surface area contributed by atoms with Crippen molar-refractivity contribution in [2.24, 2.45) is 0 Å². The Hall–Kier alpha value is -1.77. The number of rotatable bonds is 3. The second-order valence-electron chi connectivity index (χ2n) is 6.08. The third kappa shape index (κ3) is 2.97. The fourth-order valence-corrected chi connectivity index (χ4v) is 3.38. The van der Waals surface area contributed by atoms with Crippen LogP contribution in [0.2, 0.25) is 0 Å². The van der Waals surface area contributed by atoms with Gasteiger partial charge in [0.05, 0.1) is 5.52 Å². The molecule has 0 atom stereocenters. The Morgan fingerprint density at radius 2 is 2.00 bits per heavy atom.